The van der Waals surface area contributed by atoms with Gasteiger partial charge in [-0.3, -0.25) is 4.79 Å². The van der Waals surface area contributed by atoms with Crippen molar-refractivity contribution in [2.45, 2.75) is 13.3 Å². The van der Waals surface area contributed by atoms with Crippen LogP contribution in [0.4, 0.5) is 0 Å². The van der Waals surface area contributed by atoms with Crippen molar-refractivity contribution in [3.8, 4) is 34.4 Å². The molecule has 4 aromatic rings. The highest BCUT2D eigenvalue weighted by atomic mass is 32.1. The van der Waals surface area contributed by atoms with Gasteiger partial charge in [-0.15, -0.1) is 5.10 Å². The van der Waals surface area contributed by atoms with Crippen molar-refractivity contribution in [3.05, 3.63) is 56.8 Å². The first-order valence-corrected chi connectivity index (χ1v) is 10.8. The zero-order valence-electron chi connectivity index (χ0n) is 18.2. The number of methoxy groups -OCH3 is 3. The van der Waals surface area contributed by atoms with E-state index in [0.717, 1.165) is 23.3 Å². The summed E-state index contributed by atoms with van der Waals surface area (Å²) in [6.45, 7) is 2.73. The lowest BCUT2D eigenvalue weighted by Gasteiger charge is -2.12. The Morgan fingerprint density at radius 3 is 2.28 bits per heavy atom. The maximum absolute atomic E-state index is 12.9. The average molecular weight is 454 g/mol. The third kappa shape index (κ3) is 4.11. The Bertz CT molecular complexity index is 1320. The molecule has 0 unspecified atom stereocenters. The van der Waals surface area contributed by atoms with Crippen molar-refractivity contribution in [1.82, 2.24) is 14.6 Å². The van der Waals surface area contributed by atoms with E-state index in [2.05, 4.69) is 17.0 Å². The van der Waals surface area contributed by atoms with Gasteiger partial charge in [0.25, 0.3) is 5.56 Å². The monoisotopic (exact) mass is 453 g/mol. The van der Waals surface area contributed by atoms with Crippen LogP contribution in [0.25, 0.3) is 22.4 Å². The van der Waals surface area contributed by atoms with Gasteiger partial charge < -0.3 is 18.9 Å². The van der Waals surface area contributed by atoms with Gasteiger partial charge in [-0.25, -0.2) is 0 Å². The van der Waals surface area contributed by atoms with Gasteiger partial charge in [0, 0.05) is 5.56 Å². The highest BCUT2D eigenvalue weighted by Crippen LogP contribution is 2.38. The number of benzene rings is 2. The van der Waals surface area contributed by atoms with Gasteiger partial charge in [-0.2, -0.15) is 9.50 Å². The topological polar surface area (TPSA) is 84.2 Å². The molecule has 0 atom stereocenters. The fraction of sp³-hybridized carbons (Fsp3) is 0.261. The van der Waals surface area contributed by atoms with Crippen LogP contribution < -0.4 is 29.0 Å². The van der Waals surface area contributed by atoms with Crippen molar-refractivity contribution in [2.75, 3.05) is 27.9 Å². The molecule has 166 valence electrons. The fourth-order valence-electron chi connectivity index (χ4n) is 3.21. The molecule has 32 heavy (non-hydrogen) atoms. The maximum Gasteiger partial charge on any atom is 0.291 e. The van der Waals surface area contributed by atoms with E-state index < -0.39 is 0 Å². The third-order valence-electron chi connectivity index (χ3n) is 4.75. The molecule has 0 N–H and O–H groups in total. The van der Waals surface area contributed by atoms with Crippen LogP contribution in [0, 0.1) is 0 Å². The van der Waals surface area contributed by atoms with Crippen LogP contribution in [0.1, 0.15) is 18.9 Å². The molecule has 8 nitrogen and oxygen atoms in total. The van der Waals surface area contributed by atoms with E-state index in [4.69, 9.17) is 18.9 Å². The van der Waals surface area contributed by atoms with Crippen LogP contribution in [-0.2, 0) is 0 Å². The van der Waals surface area contributed by atoms with Crippen LogP contribution in [-0.4, -0.2) is 42.5 Å². The van der Waals surface area contributed by atoms with Crippen molar-refractivity contribution in [1.29, 1.82) is 0 Å². The van der Waals surface area contributed by atoms with Gasteiger partial charge in [0.15, 0.2) is 17.3 Å². The Hall–Kier alpha value is -3.59. The molecule has 0 saturated carbocycles. The molecule has 4 rings (SSSR count). The van der Waals surface area contributed by atoms with Crippen LogP contribution in [0.3, 0.4) is 0 Å². The summed E-state index contributed by atoms with van der Waals surface area (Å²) in [7, 11) is 4.64. The van der Waals surface area contributed by atoms with E-state index in [-0.39, 0.29) is 5.56 Å². The summed E-state index contributed by atoms with van der Waals surface area (Å²) in [5.41, 5.74) is 1.32. The molecule has 2 aromatic carbocycles. The number of ether oxygens (including phenoxy) is 4. The molecule has 0 spiro atoms. The normalized spacial score (nSPS) is 11.7. The molecule has 0 amide bonds. The van der Waals surface area contributed by atoms with Gasteiger partial charge >= 0.3 is 0 Å². The number of aromatic nitrogens is 3. The van der Waals surface area contributed by atoms with Crippen molar-refractivity contribution in [2.24, 2.45) is 0 Å². The molecule has 0 radical (unpaired) electrons. The first-order chi connectivity index (χ1) is 15.6. The van der Waals surface area contributed by atoms with Gasteiger partial charge in [0.1, 0.15) is 5.75 Å². The molecular weight excluding hydrogens is 430 g/mol. The van der Waals surface area contributed by atoms with Crippen LogP contribution in [0.15, 0.2) is 41.2 Å². The average Bonchev–Trinajstić information content (AvgIpc) is 3.36. The number of thiazole rings is 1. The van der Waals surface area contributed by atoms with Crippen LogP contribution in [0.5, 0.6) is 23.0 Å². The Morgan fingerprint density at radius 2 is 1.72 bits per heavy atom. The molecule has 0 fully saturated rings. The van der Waals surface area contributed by atoms with E-state index in [9.17, 15) is 4.79 Å². The number of hydrogen-bond acceptors (Lipinski definition) is 8. The van der Waals surface area contributed by atoms with Crippen molar-refractivity contribution >= 4 is 22.4 Å². The lowest BCUT2D eigenvalue weighted by Crippen LogP contribution is -2.23. The molecular formula is C23H23N3O5S. The molecule has 0 bridgehead atoms. The quantitative estimate of drug-likeness (QED) is 0.405. The van der Waals surface area contributed by atoms with Crippen LogP contribution in [0.2, 0.25) is 0 Å². The zero-order chi connectivity index (χ0) is 22.7. The van der Waals surface area contributed by atoms with Crippen LogP contribution >= 0.6 is 11.3 Å². The Morgan fingerprint density at radius 1 is 1.03 bits per heavy atom. The number of nitrogens with zero attached hydrogens (tertiary/aromatic N) is 3. The standard InChI is InChI=1S/C23H23N3O5S/c1-5-10-31-16-8-6-15(7-9-16)21-24-23-26(25-21)22(27)19(32-23)13-14-11-17(28-2)20(30-4)18(12-14)29-3/h6-9,11-13H,5,10H2,1-4H3/b19-13+. The second-order valence-corrected chi connectivity index (χ2v) is 7.89. The zero-order valence-corrected chi connectivity index (χ0v) is 19.1. The van der Waals surface area contributed by atoms with E-state index >= 15 is 0 Å². The molecule has 0 saturated heterocycles. The maximum atomic E-state index is 12.9. The summed E-state index contributed by atoms with van der Waals surface area (Å²) in [6.07, 6.45) is 2.70. The lowest BCUT2D eigenvalue weighted by atomic mass is 10.1. The second kappa shape index (κ2) is 9.27. The lowest BCUT2D eigenvalue weighted by molar-refractivity contribution is 0.317. The minimum Gasteiger partial charge on any atom is -0.494 e. The summed E-state index contributed by atoms with van der Waals surface area (Å²) in [6, 6.07) is 11.1. The minimum atomic E-state index is -0.236. The summed E-state index contributed by atoms with van der Waals surface area (Å²) < 4.78 is 23.6. The van der Waals surface area contributed by atoms with Crippen molar-refractivity contribution in [3.63, 3.8) is 0 Å². The molecule has 2 aromatic heterocycles. The molecule has 0 aliphatic heterocycles. The minimum absolute atomic E-state index is 0.236. The number of rotatable bonds is 8. The highest BCUT2D eigenvalue weighted by molar-refractivity contribution is 7.15. The van der Waals surface area contributed by atoms with Crippen molar-refractivity contribution < 1.29 is 18.9 Å². The Labute approximate surface area is 188 Å². The largest absolute Gasteiger partial charge is 0.494 e. The Kier molecular flexibility index (Phi) is 6.27. The number of fused-ring (bicyclic) bond motifs is 1. The summed E-state index contributed by atoms with van der Waals surface area (Å²) >= 11 is 1.27. The summed E-state index contributed by atoms with van der Waals surface area (Å²) in [5, 5.41) is 4.40. The number of hydrogen-bond donors (Lipinski definition) is 0. The van der Waals surface area contributed by atoms with Gasteiger partial charge in [0.2, 0.25) is 10.7 Å². The van der Waals surface area contributed by atoms with Gasteiger partial charge in [0.05, 0.1) is 32.5 Å². The fourth-order valence-corrected chi connectivity index (χ4v) is 4.12. The first-order valence-electron chi connectivity index (χ1n) is 10.0. The molecule has 0 aliphatic carbocycles. The summed E-state index contributed by atoms with van der Waals surface area (Å²) in [5.74, 6) is 2.81. The Balaban J connectivity index is 1.69. The molecule has 0 aliphatic rings. The summed E-state index contributed by atoms with van der Waals surface area (Å²) in [4.78, 5) is 18.0. The highest BCUT2D eigenvalue weighted by Gasteiger charge is 2.15. The van der Waals surface area contributed by atoms with Gasteiger partial charge in [-0.1, -0.05) is 18.3 Å². The molecule has 2 heterocycles. The first kappa shape index (κ1) is 21.6. The molecule has 9 heteroatoms. The predicted molar refractivity (Wildman–Crippen MR) is 123 cm³/mol. The predicted octanol–water partition coefficient (Wildman–Crippen LogP) is 3.18. The van der Waals surface area contributed by atoms with Gasteiger partial charge in [-0.05, 0) is 54.5 Å². The second-order valence-electron chi connectivity index (χ2n) is 6.88. The third-order valence-corrected chi connectivity index (χ3v) is 5.71. The van der Waals surface area contributed by atoms with E-state index in [1.165, 1.54) is 15.9 Å². The smallest absolute Gasteiger partial charge is 0.291 e. The van der Waals surface area contributed by atoms with E-state index in [1.807, 2.05) is 24.3 Å². The van der Waals surface area contributed by atoms with E-state index in [0.29, 0.717) is 39.2 Å². The SMILES string of the molecule is CCCOc1ccc(-c2nc3s/c(=C/c4cc(OC)c(OC)c(OC)c4)c(=O)n3n2)cc1. The van der Waals surface area contributed by atoms with E-state index in [1.54, 1.807) is 39.5 Å².